The third kappa shape index (κ3) is 5.33. The van der Waals surface area contributed by atoms with E-state index in [1.807, 2.05) is 42.8 Å². The van der Waals surface area contributed by atoms with E-state index in [1.165, 1.54) is 12.1 Å². The summed E-state index contributed by atoms with van der Waals surface area (Å²) in [5.41, 5.74) is 4.29. The van der Waals surface area contributed by atoms with Crippen molar-refractivity contribution in [2.24, 2.45) is 5.14 Å². The van der Waals surface area contributed by atoms with Crippen molar-refractivity contribution in [1.82, 2.24) is 9.78 Å². The molecular weight excluding hydrogens is 430 g/mol. The molecule has 2 aromatic carbocycles. The number of aryl methyl sites for hydroxylation is 1. The van der Waals surface area contributed by atoms with Crippen molar-refractivity contribution in [2.75, 3.05) is 10.6 Å². The first-order chi connectivity index (χ1) is 13.6. The summed E-state index contributed by atoms with van der Waals surface area (Å²) in [4.78, 5) is 0.0390. The number of sulfonamides is 1. The van der Waals surface area contributed by atoms with Crippen molar-refractivity contribution >= 4 is 50.3 Å². The van der Waals surface area contributed by atoms with Gasteiger partial charge in [0.25, 0.3) is 0 Å². The van der Waals surface area contributed by atoms with Crippen LogP contribution in [0.1, 0.15) is 17.0 Å². The number of rotatable bonds is 5. The van der Waals surface area contributed by atoms with Gasteiger partial charge in [0, 0.05) is 10.7 Å². The Morgan fingerprint density at radius 3 is 2.31 bits per heavy atom. The summed E-state index contributed by atoms with van der Waals surface area (Å²) >= 11 is 11.3. The zero-order chi connectivity index (χ0) is 21.2. The van der Waals surface area contributed by atoms with Gasteiger partial charge in [-0.05, 0) is 68.0 Å². The molecule has 0 atom stereocenters. The van der Waals surface area contributed by atoms with Crippen molar-refractivity contribution in [3.63, 3.8) is 0 Å². The molecule has 1 heterocycles. The molecule has 0 aliphatic heterocycles. The maximum absolute atomic E-state index is 11.3. The van der Waals surface area contributed by atoms with Crippen molar-refractivity contribution in [3.05, 3.63) is 70.5 Å². The van der Waals surface area contributed by atoms with Crippen LogP contribution in [0.3, 0.4) is 0 Å². The summed E-state index contributed by atoms with van der Waals surface area (Å²) in [5, 5.41) is 16.9. The Hall–Kier alpha value is -2.46. The normalized spacial score (nSPS) is 11.3. The predicted octanol–water partition coefficient (Wildman–Crippen LogP) is 3.66. The highest BCUT2D eigenvalue weighted by atomic mass is 35.5. The molecule has 0 aliphatic carbocycles. The molecule has 3 aromatic rings. The van der Waals surface area contributed by atoms with Gasteiger partial charge in [0.05, 0.1) is 28.5 Å². The molecule has 0 amide bonds. The second-order valence-corrected chi connectivity index (χ2v) is 8.88. The van der Waals surface area contributed by atoms with Gasteiger partial charge < -0.3 is 10.6 Å². The second-order valence-electron chi connectivity index (χ2n) is 6.48. The Labute approximate surface area is 179 Å². The molecule has 4 N–H and O–H groups in total. The zero-order valence-electron chi connectivity index (χ0n) is 15.8. The topological polar surface area (TPSA) is 102 Å². The van der Waals surface area contributed by atoms with Gasteiger partial charge in [-0.1, -0.05) is 23.7 Å². The van der Waals surface area contributed by atoms with E-state index in [0.29, 0.717) is 22.4 Å². The van der Waals surface area contributed by atoms with Crippen molar-refractivity contribution in [3.8, 4) is 0 Å². The van der Waals surface area contributed by atoms with Gasteiger partial charge in [0.2, 0.25) is 10.0 Å². The lowest BCUT2D eigenvalue weighted by atomic mass is 10.2. The number of anilines is 2. The Morgan fingerprint density at radius 1 is 1.10 bits per heavy atom. The van der Waals surface area contributed by atoms with Crippen LogP contribution in [0.5, 0.6) is 0 Å². The molecule has 0 aliphatic rings. The number of hydrogen-bond donors (Lipinski definition) is 3. The minimum atomic E-state index is -3.73. The van der Waals surface area contributed by atoms with Crippen molar-refractivity contribution in [2.45, 2.75) is 25.3 Å². The molecule has 0 unspecified atom stereocenters. The van der Waals surface area contributed by atoms with Crippen LogP contribution in [0.15, 0.2) is 53.4 Å². The first-order valence-corrected chi connectivity index (χ1v) is 11.0. The summed E-state index contributed by atoms with van der Waals surface area (Å²) in [6.07, 6.45) is 0. The lowest BCUT2D eigenvalue weighted by Crippen LogP contribution is -2.20. The van der Waals surface area contributed by atoms with Crippen LogP contribution in [0.4, 0.5) is 11.4 Å². The molecule has 3 rings (SSSR count). The zero-order valence-corrected chi connectivity index (χ0v) is 18.2. The maximum Gasteiger partial charge on any atom is 0.238 e. The van der Waals surface area contributed by atoms with Gasteiger partial charge in [0.15, 0.2) is 5.11 Å². The molecule has 29 heavy (non-hydrogen) atoms. The van der Waals surface area contributed by atoms with Crippen LogP contribution in [0, 0.1) is 13.8 Å². The Balaban J connectivity index is 1.70. The molecule has 1 aromatic heterocycles. The highest BCUT2D eigenvalue weighted by molar-refractivity contribution is 7.89. The number of hydrogen-bond acceptors (Lipinski definition) is 4. The van der Waals surface area contributed by atoms with E-state index < -0.39 is 10.0 Å². The van der Waals surface area contributed by atoms with E-state index in [-0.39, 0.29) is 4.90 Å². The Kier molecular flexibility index (Phi) is 6.23. The first kappa shape index (κ1) is 21.3. The number of nitrogens with zero attached hydrogens (tertiary/aromatic N) is 2. The number of halogens is 1. The molecule has 152 valence electrons. The standard InChI is InChI=1S/C19H20ClN5O2S2/c1-12-18(13(2)25(24-12)11-14-3-5-15(20)6-4-14)23-19(28)22-16-7-9-17(10-8-16)29(21,26)27/h3-10H,11H2,1-2H3,(H2,21,26,27)(H2,22,23,28). The van der Waals surface area contributed by atoms with E-state index >= 15 is 0 Å². The van der Waals surface area contributed by atoms with Crippen molar-refractivity contribution in [1.29, 1.82) is 0 Å². The summed E-state index contributed by atoms with van der Waals surface area (Å²) in [5.74, 6) is 0. The highest BCUT2D eigenvalue weighted by Gasteiger charge is 2.13. The first-order valence-electron chi connectivity index (χ1n) is 8.63. The van der Waals surface area contributed by atoms with Crippen LogP contribution in [0.2, 0.25) is 5.02 Å². The fourth-order valence-corrected chi connectivity index (χ4v) is 3.66. The number of primary sulfonamides is 1. The molecule has 7 nitrogen and oxygen atoms in total. The van der Waals surface area contributed by atoms with Gasteiger partial charge in [0.1, 0.15) is 0 Å². The molecule has 10 heteroatoms. The molecule has 0 spiro atoms. The third-order valence-electron chi connectivity index (χ3n) is 4.31. The lowest BCUT2D eigenvalue weighted by molar-refractivity contribution is 0.598. The lowest BCUT2D eigenvalue weighted by Gasteiger charge is -2.12. The maximum atomic E-state index is 11.3. The Morgan fingerprint density at radius 2 is 1.72 bits per heavy atom. The summed E-state index contributed by atoms with van der Waals surface area (Å²) in [6, 6.07) is 13.6. The number of nitrogens with two attached hydrogens (primary N) is 1. The molecule has 0 saturated carbocycles. The van der Waals surface area contributed by atoms with Gasteiger partial charge in [-0.3, -0.25) is 4.68 Å². The van der Waals surface area contributed by atoms with E-state index in [2.05, 4.69) is 15.7 Å². The number of aromatic nitrogens is 2. The molecule has 0 radical (unpaired) electrons. The minimum absolute atomic E-state index is 0.0390. The van der Waals surface area contributed by atoms with Gasteiger partial charge in [-0.2, -0.15) is 5.10 Å². The van der Waals surface area contributed by atoms with E-state index in [0.717, 1.165) is 22.6 Å². The monoisotopic (exact) mass is 449 g/mol. The molecule has 0 fully saturated rings. The fourth-order valence-electron chi connectivity index (χ4n) is 2.80. The number of nitrogens with one attached hydrogen (secondary N) is 2. The smallest absolute Gasteiger partial charge is 0.238 e. The van der Waals surface area contributed by atoms with Gasteiger partial charge in [-0.15, -0.1) is 0 Å². The van der Waals surface area contributed by atoms with Crippen LogP contribution >= 0.6 is 23.8 Å². The van der Waals surface area contributed by atoms with E-state index in [9.17, 15) is 8.42 Å². The van der Waals surface area contributed by atoms with Crippen LogP contribution in [0.25, 0.3) is 0 Å². The van der Waals surface area contributed by atoms with Crippen LogP contribution in [-0.2, 0) is 16.6 Å². The van der Waals surface area contributed by atoms with Gasteiger partial charge >= 0.3 is 0 Å². The average molecular weight is 450 g/mol. The van der Waals surface area contributed by atoms with E-state index in [4.69, 9.17) is 29.0 Å². The molecular formula is C19H20ClN5O2S2. The molecule has 0 bridgehead atoms. The van der Waals surface area contributed by atoms with Crippen LogP contribution in [-0.4, -0.2) is 23.3 Å². The van der Waals surface area contributed by atoms with Crippen LogP contribution < -0.4 is 15.8 Å². The SMILES string of the molecule is Cc1nn(Cc2ccc(Cl)cc2)c(C)c1NC(=S)Nc1ccc(S(N)(=O)=O)cc1. The number of thiocarbonyl (C=S) groups is 1. The van der Waals surface area contributed by atoms with Crippen molar-refractivity contribution < 1.29 is 8.42 Å². The average Bonchev–Trinajstić information content (AvgIpc) is 2.91. The summed E-state index contributed by atoms with van der Waals surface area (Å²) < 4.78 is 24.6. The highest BCUT2D eigenvalue weighted by Crippen LogP contribution is 2.22. The third-order valence-corrected chi connectivity index (χ3v) is 5.69. The second kappa shape index (κ2) is 8.50. The molecule has 0 saturated heterocycles. The number of benzene rings is 2. The summed E-state index contributed by atoms with van der Waals surface area (Å²) in [6.45, 7) is 4.47. The quantitative estimate of drug-likeness (QED) is 0.514. The summed E-state index contributed by atoms with van der Waals surface area (Å²) in [7, 11) is -3.73. The van der Waals surface area contributed by atoms with E-state index in [1.54, 1.807) is 12.1 Å². The Bertz CT molecular complexity index is 1140. The minimum Gasteiger partial charge on any atom is -0.332 e. The fraction of sp³-hybridized carbons (Fsp3) is 0.158. The largest absolute Gasteiger partial charge is 0.332 e. The predicted molar refractivity (Wildman–Crippen MR) is 120 cm³/mol. The van der Waals surface area contributed by atoms with Gasteiger partial charge in [-0.25, -0.2) is 13.6 Å².